The number of aromatic hydroxyl groups is 1. The fraction of sp³-hybridized carbons (Fsp3) is 0.231. The molecule has 2 rings (SSSR count). The summed E-state index contributed by atoms with van der Waals surface area (Å²) >= 11 is 4.37. The number of aryl methyl sites for hydroxylation is 1. The number of hydrogen-bond acceptors (Lipinski definition) is 6. The molecule has 9 heteroatoms. The molecule has 1 amide bonds. The number of nitrogens with zero attached hydrogens (tertiary/aromatic N) is 2. The third kappa shape index (κ3) is 4.08. The van der Waals surface area contributed by atoms with Gasteiger partial charge in [-0.25, -0.2) is 0 Å². The van der Waals surface area contributed by atoms with E-state index in [1.54, 1.807) is 12.1 Å². The van der Waals surface area contributed by atoms with Crippen LogP contribution in [0.4, 0.5) is 0 Å². The summed E-state index contributed by atoms with van der Waals surface area (Å²) in [4.78, 5) is 22.1. The van der Waals surface area contributed by atoms with Crippen molar-refractivity contribution < 1.29 is 19.8 Å². The smallest absolute Gasteiger partial charge is 0.305 e. The van der Waals surface area contributed by atoms with E-state index >= 15 is 0 Å². The van der Waals surface area contributed by atoms with Gasteiger partial charge in [0.2, 0.25) is 5.91 Å². The molecule has 1 atom stereocenters. The minimum atomic E-state index is -1.05. The zero-order valence-electron chi connectivity index (χ0n) is 11.4. The van der Waals surface area contributed by atoms with Gasteiger partial charge in [0.25, 0.3) is 0 Å². The number of amidine groups is 1. The number of hydrogen-bond donors (Lipinski definition) is 3. The van der Waals surface area contributed by atoms with Crippen LogP contribution in [0.2, 0.25) is 0 Å². The van der Waals surface area contributed by atoms with Gasteiger partial charge in [-0.1, -0.05) is 27.7 Å². The Labute approximate surface area is 138 Å². The average molecular weight is 386 g/mol. The van der Waals surface area contributed by atoms with E-state index in [2.05, 4.69) is 31.4 Å². The highest BCUT2D eigenvalue weighted by molar-refractivity contribution is 9.10. The highest BCUT2D eigenvalue weighted by atomic mass is 79.9. The highest BCUT2D eigenvalue weighted by Gasteiger charge is 2.32. The Bertz CT molecular complexity index is 690. The SMILES string of the molecule is Cc1cc(O)c(C=NN=C2NC(=O)C(CC(=O)O)S2)cc1Br. The van der Waals surface area contributed by atoms with Crippen molar-refractivity contribution in [2.45, 2.75) is 18.6 Å². The van der Waals surface area contributed by atoms with E-state index in [1.165, 1.54) is 6.21 Å². The summed E-state index contributed by atoms with van der Waals surface area (Å²) in [7, 11) is 0. The number of rotatable bonds is 4. The molecular weight excluding hydrogens is 374 g/mol. The molecule has 1 heterocycles. The van der Waals surface area contributed by atoms with Crippen molar-refractivity contribution in [3.63, 3.8) is 0 Å². The summed E-state index contributed by atoms with van der Waals surface area (Å²) in [5, 5.41) is 28.1. The molecule has 0 aliphatic carbocycles. The van der Waals surface area contributed by atoms with Crippen LogP contribution in [0.3, 0.4) is 0 Å². The monoisotopic (exact) mass is 385 g/mol. The second-order valence-corrected chi connectivity index (χ2v) is 6.55. The number of carboxylic acids is 1. The molecule has 1 aromatic rings. The summed E-state index contributed by atoms with van der Waals surface area (Å²) in [6, 6.07) is 3.29. The van der Waals surface area contributed by atoms with Crippen LogP contribution in [0.5, 0.6) is 5.75 Å². The molecule has 3 N–H and O–H groups in total. The Hall–Kier alpha value is -1.87. The minimum absolute atomic E-state index is 0.0662. The summed E-state index contributed by atoms with van der Waals surface area (Å²) < 4.78 is 0.824. The van der Waals surface area contributed by atoms with Gasteiger partial charge < -0.3 is 15.5 Å². The predicted octanol–water partition coefficient (Wildman–Crippen LogP) is 1.86. The van der Waals surface area contributed by atoms with Gasteiger partial charge in [-0.15, -0.1) is 5.10 Å². The van der Waals surface area contributed by atoms with E-state index < -0.39 is 17.1 Å². The van der Waals surface area contributed by atoms with E-state index in [0.717, 1.165) is 21.8 Å². The van der Waals surface area contributed by atoms with Crippen molar-refractivity contribution in [1.29, 1.82) is 0 Å². The van der Waals surface area contributed by atoms with Crippen LogP contribution in [0.15, 0.2) is 26.8 Å². The Kier molecular flexibility index (Phi) is 5.19. The molecule has 1 aromatic carbocycles. The van der Waals surface area contributed by atoms with Gasteiger partial charge in [0, 0.05) is 10.0 Å². The van der Waals surface area contributed by atoms with E-state index in [1.807, 2.05) is 6.92 Å². The molecule has 0 saturated carbocycles. The maximum Gasteiger partial charge on any atom is 0.305 e. The number of carbonyl (C=O) groups excluding carboxylic acids is 1. The van der Waals surface area contributed by atoms with Gasteiger partial charge in [0.15, 0.2) is 5.17 Å². The van der Waals surface area contributed by atoms with Gasteiger partial charge in [-0.2, -0.15) is 5.10 Å². The van der Waals surface area contributed by atoms with Crippen LogP contribution in [-0.2, 0) is 9.59 Å². The van der Waals surface area contributed by atoms with Gasteiger partial charge in [-0.3, -0.25) is 9.59 Å². The zero-order valence-corrected chi connectivity index (χ0v) is 13.8. The summed E-state index contributed by atoms with van der Waals surface area (Å²) in [5.74, 6) is -1.38. The lowest BCUT2D eigenvalue weighted by Gasteiger charge is -2.02. The lowest BCUT2D eigenvalue weighted by molar-refractivity contribution is -0.138. The number of carboxylic acid groups (broad SMARTS) is 1. The van der Waals surface area contributed by atoms with Crippen molar-refractivity contribution in [2.24, 2.45) is 10.2 Å². The lowest BCUT2D eigenvalue weighted by Crippen LogP contribution is -2.26. The second kappa shape index (κ2) is 6.93. The van der Waals surface area contributed by atoms with E-state index in [-0.39, 0.29) is 17.3 Å². The van der Waals surface area contributed by atoms with Crippen LogP contribution >= 0.6 is 27.7 Å². The molecule has 1 saturated heterocycles. The van der Waals surface area contributed by atoms with Gasteiger partial charge in [0.05, 0.1) is 12.6 Å². The van der Waals surface area contributed by atoms with Gasteiger partial charge in [0.1, 0.15) is 11.0 Å². The van der Waals surface area contributed by atoms with E-state index in [4.69, 9.17) is 5.11 Å². The third-order valence-electron chi connectivity index (χ3n) is 2.79. The maximum absolute atomic E-state index is 11.5. The molecule has 0 aromatic heterocycles. The number of carbonyl (C=O) groups is 2. The summed E-state index contributed by atoms with van der Waals surface area (Å²) in [6.45, 7) is 1.85. The van der Waals surface area contributed by atoms with E-state index in [9.17, 15) is 14.7 Å². The fourth-order valence-electron chi connectivity index (χ4n) is 1.67. The van der Waals surface area contributed by atoms with Crippen LogP contribution in [-0.4, -0.2) is 38.7 Å². The van der Waals surface area contributed by atoms with Crippen LogP contribution in [0.25, 0.3) is 0 Å². The number of benzene rings is 1. The molecule has 22 heavy (non-hydrogen) atoms. The van der Waals surface area contributed by atoms with Crippen molar-refractivity contribution in [1.82, 2.24) is 5.32 Å². The van der Waals surface area contributed by atoms with Gasteiger partial charge in [-0.05, 0) is 24.6 Å². The molecule has 0 radical (unpaired) electrons. The van der Waals surface area contributed by atoms with Crippen LogP contribution in [0.1, 0.15) is 17.5 Å². The molecule has 0 bridgehead atoms. The molecule has 7 nitrogen and oxygen atoms in total. The Morgan fingerprint density at radius 1 is 1.55 bits per heavy atom. The molecule has 1 aliphatic heterocycles. The summed E-state index contributed by atoms with van der Waals surface area (Å²) in [6.07, 6.45) is 1.08. The quantitative estimate of drug-likeness (QED) is 0.540. The number of halogens is 1. The zero-order chi connectivity index (χ0) is 16.3. The first-order chi connectivity index (χ1) is 10.4. The largest absolute Gasteiger partial charge is 0.507 e. The van der Waals surface area contributed by atoms with Crippen molar-refractivity contribution >= 4 is 51.0 Å². The van der Waals surface area contributed by atoms with Crippen LogP contribution in [0, 0.1) is 6.92 Å². The number of nitrogens with one attached hydrogen (secondary N) is 1. The molecule has 0 spiro atoms. The Balaban J connectivity index is 2.08. The fourth-order valence-corrected chi connectivity index (χ4v) is 2.95. The standard InChI is InChI=1S/C13H12BrN3O4S/c1-6-2-9(18)7(3-8(6)14)5-15-17-13-16-12(21)10(22-13)4-11(19)20/h2-3,5,10,18H,4H2,1H3,(H,19,20)(H,16,17,21). The average Bonchev–Trinajstić information content (AvgIpc) is 2.75. The topological polar surface area (TPSA) is 111 Å². The summed E-state index contributed by atoms with van der Waals surface area (Å²) in [5.41, 5.74) is 1.36. The van der Waals surface area contributed by atoms with Crippen molar-refractivity contribution in [3.05, 3.63) is 27.7 Å². The van der Waals surface area contributed by atoms with E-state index in [0.29, 0.717) is 5.56 Å². The van der Waals surface area contributed by atoms with Gasteiger partial charge >= 0.3 is 5.97 Å². The number of phenols is 1. The van der Waals surface area contributed by atoms with Crippen molar-refractivity contribution in [3.8, 4) is 5.75 Å². The number of amides is 1. The normalized spacial score (nSPS) is 19.8. The minimum Gasteiger partial charge on any atom is -0.507 e. The first kappa shape index (κ1) is 16.5. The van der Waals surface area contributed by atoms with Crippen LogP contribution < -0.4 is 5.32 Å². The maximum atomic E-state index is 11.5. The third-order valence-corrected chi connectivity index (χ3v) is 4.72. The molecule has 1 fully saturated rings. The Morgan fingerprint density at radius 2 is 2.27 bits per heavy atom. The second-order valence-electron chi connectivity index (χ2n) is 4.50. The molecule has 116 valence electrons. The lowest BCUT2D eigenvalue weighted by atomic mass is 10.1. The predicted molar refractivity (Wildman–Crippen MR) is 87.3 cm³/mol. The molecule has 1 aliphatic rings. The van der Waals surface area contributed by atoms with Crippen molar-refractivity contribution in [2.75, 3.05) is 0 Å². The molecule has 1 unspecified atom stereocenters. The first-order valence-electron chi connectivity index (χ1n) is 6.16. The molecular formula is C13H12BrN3O4S. The first-order valence-corrected chi connectivity index (χ1v) is 7.83. The Morgan fingerprint density at radius 3 is 2.95 bits per heavy atom. The number of aliphatic carboxylic acids is 1. The highest BCUT2D eigenvalue weighted by Crippen LogP contribution is 2.25. The number of phenolic OH excluding ortho intramolecular Hbond substituents is 1. The number of thioether (sulfide) groups is 1.